The van der Waals surface area contributed by atoms with Crippen LogP contribution in [0.5, 0.6) is 0 Å². The number of pyridine rings is 1. The molecule has 5 heteroatoms. The van der Waals surface area contributed by atoms with E-state index < -0.39 is 0 Å². The van der Waals surface area contributed by atoms with Crippen molar-refractivity contribution in [1.29, 1.82) is 0 Å². The van der Waals surface area contributed by atoms with E-state index in [2.05, 4.69) is 36.1 Å². The first kappa shape index (κ1) is 16.5. The lowest BCUT2D eigenvalue weighted by Gasteiger charge is -2.25. The van der Waals surface area contributed by atoms with E-state index >= 15 is 0 Å². The maximum absolute atomic E-state index is 6.28. The van der Waals surface area contributed by atoms with Crippen molar-refractivity contribution < 1.29 is 0 Å². The van der Waals surface area contributed by atoms with Gasteiger partial charge in [0.15, 0.2) is 0 Å². The number of hydrogen-bond donors (Lipinski definition) is 1. The molecule has 118 valence electrons. The minimum atomic E-state index is 0.673. The Balaban J connectivity index is 2.04. The van der Waals surface area contributed by atoms with Crippen molar-refractivity contribution in [3.05, 3.63) is 22.8 Å². The van der Waals surface area contributed by atoms with Crippen molar-refractivity contribution in [2.24, 2.45) is 0 Å². The van der Waals surface area contributed by atoms with Crippen LogP contribution < -0.4 is 10.2 Å². The van der Waals surface area contributed by atoms with Crippen LogP contribution in [0.1, 0.15) is 31.9 Å². The first-order chi connectivity index (χ1) is 10.1. The van der Waals surface area contributed by atoms with E-state index in [4.69, 9.17) is 16.6 Å². The Kier molecular flexibility index (Phi) is 6.27. The van der Waals surface area contributed by atoms with Gasteiger partial charge in [0, 0.05) is 32.2 Å². The van der Waals surface area contributed by atoms with Gasteiger partial charge in [-0.1, -0.05) is 18.5 Å². The minimum absolute atomic E-state index is 0.673. The van der Waals surface area contributed by atoms with E-state index in [1.54, 1.807) is 0 Å². The SMILES string of the molecule is CCCN(CCN(C)C)c1ccc(Cl)c(CNC2CC2)n1. The molecule has 0 saturated heterocycles. The summed E-state index contributed by atoms with van der Waals surface area (Å²) in [6, 6.07) is 4.69. The van der Waals surface area contributed by atoms with Crippen LogP contribution in [-0.2, 0) is 6.54 Å². The predicted octanol–water partition coefficient (Wildman–Crippen LogP) is 2.77. The van der Waals surface area contributed by atoms with Crippen molar-refractivity contribution in [3.8, 4) is 0 Å². The van der Waals surface area contributed by atoms with Gasteiger partial charge < -0.3 is 15.1 Å². The van der Waals surface area contributed by atoms with Crippen LogP contribution in [0.15, 0.2) is 12.1 Å². The van der Waals surface area contributed by atoms with Gasteiger partial charge in [-0.3, -0.25) is 0 Å². The lowest BCUT2D eigenvalue weighted by atomic mass is 10.3. The molecule has 1 aliphatic carbocycles. The Bertz CT molecular complexity index is 446. The van der Waals surface area contributed by atoms with E-state index in [1.807, 2.05) is 12.1 Å². The molecule has 1 aliphatic rings. The van der Waals surface area contributed by atoms with Crippen LogP contribution in [0.3, 0.4) is 0 Å². The van der Waals surface area contributed by atoms with Crippen molar-refractivity contribution in [2.75, 3.05) is 38.6 Å². The van der Waals surface area contributed by atoms with Crippen molar-refractivity contribution in [1.82, 2.24) is 15.2 Å². The molecule has 0 bridgehead atoms. The fourth-order valence-electron chi connectivity index (χ4n) is 2.23. The minimum Gasteiger partial charge on any atom is -0.355 e. The van der Waals surface area contributed by atoms with Gasteiger partial charge >= 0.3 is 0 Å². The highest BCUT2D eigenvalue weighted by Gasteiger charge is 2.21. The summed E-state index contributed by atoms with van der Waals surface area (Å²) in [6.45, 7) is 6.02. The Morgan fingerprint density at radius 3 is 2.62 bits per heavy atom. The molecule has 2 rings (SSSR count). The fraction of sp³-hybridized carbons (Fsp3) is 0.688. The molecule has 0 aromatic carbocycles. The second kappa shape index (κ2) is 7.97. The van der Waals surface area contributed by atoms with Gasteiger partial charge in [0.1, 0.15) is 5.82 Å². The number of nitrogens with one attached hydrogen (secondary N) is 1. The molecule has 0 atom stereocenters. The molecule has 1 aromatic rings. The molecule has 21 heavy (non-hydrogen) atoms. The molecule has 0 spiro atoms. The summed E-state index contributed by atoms with van der Waals surface area (Å²) in [7, 11) is 4.20. The summed E-state index contributed by atoms with van der Waals surface area (Å²) in [6.07, 6.45) is 3.68. The standard InChI is InChI=1S/C16H27ClN4/c1-4-9-21(11-10-20(2)3)16-8-7-14(17)15(19-16)12-18-13-5-6-13/h7-8,13,18H,4-6,9-12H2,1-3H3. The zero-order valence-corrected chi connectivity index (χ0v) is 14.2. The summed E-state index contributed by atoms with van der Waals surface area (Å²) >= 11 is 6.28. The quantitative estimate of drug-likeness (QED) is 0.760. The highest BCUT2D eigenvalue weighted by atomic mass is 35.5. The largest absolute Gasteiger partial charge is 0.355 e. The topological polar surface area (TPSA) is 31.4 Å². The molecule has 1 heterocycles. The van der Waals surface area contributed by atoms with Crippen LogP contribution in [-0.4, -0.2) is 49.7 Å². The second-order valence-electron chi connectivity index (χ2n) is 6.04. The Morgan fingerprint density at radius 2 is 2.00 bits per heavy atom. The first-order valence-corrected chi connectivity index (χ1v) is 8.26. The van der Waals surface area contributed by atoms with Crippen LogP contribution in [0.25, 0.3) is 0 Å². The van der Waals surface area contributed by atoms with Gasteiger partial charge in [0.05, 0.1) is 10.7 Å². The maximum Gasteiger partial charge on any atom is 0.129 e. The van der Waals surface area contributed by atoms with Gasteiger partial charge in [-0.15, -0.1) is 0 Å². The lowest BCUT2D eigenvalue weighted by molar-refractivity contribution is 0.412. The highest BCUT2D eigenvalue weighted by Crippen LogP contribution is 2.23. The molecule has 0 radical (unpaired) electrons. The summed E-state index contributed by atoms with van der Waals surface area (Å²) < 4.78 is 0. The molecule has 0 aliphatic heterocycles. The lowest BCUT2D eigenvalue weighted by Crippen LogP contribution is -2.33. The number of hydrogen-bond acceptors (Lipinski definition) is 4. The molecule has 0 unspecified atom stereocenters. The van der Waals surface area contributed by atoms with E-state index in [0.29, 0.717) is 6.04 Å². The molecular formula is C16H27ClN4. The number of aromatic nitrogens is 1. The van der Waals surface area contributed by atoms with Gasteiger partial charge in [-0.2, -0.15) is 0 Å². The van der Waals surface area contributed by atoms with Crippen LogP contribution in [0.4, 0.5) is 5.82 Å². The average Bonchev–Trinajstić information content (AvgIpc) is 3.27. The summed E-state index contributed by atoms with van der Waals surface area (Å²) in [5, 5.41) is 4.25. The van der Waals surface area contributed by atoms with Crippen LogP contribution in [0.2, 0.25) is 5.02 Å². The van der Waals surface area contributed by atoms with E-state index in [9.17, 15) is 0 Å². The number of likely N-dealkylation sites (N-methyl/N-ethyl adjacent to an activating group) is 1. The molecule has 1 fully saturated rings. The summed E-state index contributed by atoms with van der Waals surface area (Å²) in [5.41, 5.74) is 0.965. The van der Waals surface area contributed by atoms with Crippen molar-refractivity contribution >= 4 is 17.4 Å². The Labute approximate surface area is 133 Å². The van der Waals surface area contributed by atoms with E-state index in [0.717, 1.165) is 49.1 Å². The molecular weight excluding hydrogens is 284 g/mol. The third-order valence-corrected chi connectivity index (χ3v) is 4.02. The zero-order valence-electron chi connectivity index (χ0n) is 13.4. The van der Waals surface area contributed by atoms with Crippen molar-refractivity contribution in [3.63, 3.8) is 0 Å². The van der Waals surface area contributed by atoms with Crippen LogP contribution in [0, 0.1) is 0 Å². The van der Waals surface area contributed by atoms with Gasteiger partial charge in [0.2, 0.25) is 0 Å². The summed E-state index contributed by atoms with van der Waals surface area (Å²) in [4.78, 5) is 9.33. The highest BCUT2D eigenvalue weighted by molar-refractivity contribution is 6.31. The third-order valence-electron chi connectivity index (χ3n) is 3.67. The zero-order chi connectivity index (χ0) is 15.2. The molecule has 0 amide bonds. The van der Waals surface area contributed by atoms with Crippen molar-refractivity contribution in [2.45, 2.75) is 38.8 Å². The number of anilines is 1. The smallest absolute Gasteiger partial charge is 0.129 e. The molecule has 1 N–H and O–H groups in total. The van der Waals surface area contributed by atoms with E-state index in [-0.39, 0.29) is 0 Å². The van der Waals surface area contributed by atoms with E-state index in [1.165, 1.54) is 12.8 Å². The monoisotopic (exact) mass is 310 g/mol. The fourth-order valence-corrected chi connectivity index (χ4v) is 2.40. The number of rotatable bonds is 9. The van der Waals surface area contributed by atoms with Crippen LogP contribution >= 0.6 is 11.6 Å². The van der Waals surface area contributed by atoms with Gasteiger partial charge in [-0.05, 0) is 45.5 Å². The van der Waals surface area contributed by atoms with Gasteiger partial charge in [0.25, 0.3) is 0 Å². The molecule has 1 saturated carbocycles. The second-order valence-corrected chi connectivity index (χ2v) is 6.45. The number of halogens is 1. The Hall–Kier alpha value is -0.840. The third kappa shape index (κ3) is 5.46. The molecule has 1 aromatic heterocycles. The average molecular weight is 311 g/mol. The molecule has 4 nitrogen and oxygen atoms in total. The maximum atomic E-state index is 6.28. The van der Waals surface area contributed by atoms with Gasteiger partial charge in [-0.25, -0.2) is 4.98 Å². The normalized spacial score (nSPS) is 14.7. The first-order valence-electron chi connectivity index (χ1n) is 7.88. The summed E-state index contributed by atoms with van der Waals surface area (Å²) in [5.74, 6) is 1.04. The number of nitrogens with zero attached hydrogens (tertiary/aromatic N) is 3. The Morgan fingerprint density at radius 1 is 1.24 bits per heavy atom. The predicted molar refractivity (Wildman–Crippen MR) is 90.2 cm³/mol.